The van der Waals surface area contributed by atoms with E-state index in [-0.39, 0.29) is 17.2 Å². The van der Waals surface area contributed by atoms with Crippen LogP contribution in [-0.2, 0) is 11.8 Å². The van der Waals surface area contributed by atoms with Gasteiger partial charge in [0.25, 0.3) is 5.56 Å². The molecular weight excluding hydrogens is 380 g/mol. The maximum absolute atomic E-state index is 12.8. The fourth-order valence-corrected chi connectivity index (χ4v) is 4.23. The van der Waals surface area contributed by atoms with Crippen LogP contribution in [0.1, 0.15) is 25.0 Å². The van der Waals surface area contributed by atoms with Crippen molar-refractivity contribution in [3.8, 4) is 5.69 Å². The van der Waals surface area contributed by atoms with E-state index in [1.165, 1.54) is 18.2 Å². The smallest absolute Gasteiger partial charge is 0.295 e. The third-order valence-corrected chi connectivity index (χ3v) is 6.28. The Balaban J connectivity index is 1.68. The predicted octanol–water partition coefficient (Wildman–Crippen LogP) is 2.93. The second-order valence-electron chi connectivity index (χ2n) is 6.59. The largest absolute Gasteiger partial charge is 0.358 e. The number of carbonyl (C=O) groups excluding carboxylic acids is 1. The molecule has 8 heteroatoms. The molecule has 27 heavy (non-hydrogen) atoms. The van der Waals surface area contributed by atoms with Crippen molar-refractivity contribution in [3.05, 3.63) is 46.4 Å². The Bertz CT molecular complexity index is 883. The van der Waals surface area contributed by atoms with Crippen molar-refractivity contribution in [3.63, 3.8) is 0 Å². The molecule has 1 fully saturated rings. The number of carbonyl (C=O) groups is 1. The van der Waals surface area contributed by atoms with E-state index in [1.807, 2.05) is 37.3 Å². The van der Waals surface area contributed by atoms with Crippen molar-refractivity contribution in [1.82, 2.24) is 14.3 Å². The molecule has 3 rings (SSSR count). The van der Waals surface area contributed by atoms with Gasteiger partial charge in [-0.3, -0.25) is 14.3 Å². The first kappa shape index (κ1) is 19.7. The Labute approximate surface area is 168 Å². The molecule has 144 valence electrons. The summed E-state index contributed by atoms with van der Waals surface area (Å²) in [5.74, 6) is -0.0144. The summed E-state index contributed by atoms with van der Waals surface area (Å²) in [6.45, 7) is 3.75. The van der Waals surface area contributed by atoms with Gasteiger partial charge in [0.05, 0.1) is 17.1 Å². The number of likely N-dealkylation sites (tertiary alicyclic amines) is 1. The molecule has 1 aromatic heterocycles. The van der Waals surface area contributed by atoms with Gasteiger partial charge in [0.15, 0.2) is 0 Å². The van der Waals surface area contributed by atoms with Gasteiger partial charge in [0, 0.05) is 20.1 Å². The van der Waals surface area contributed by atoms with E-state index >= 15 is 0 Å². The van der Waals surface area contributed by atoms with Crippen molar-refractivity contribution in [2.45, 2.75) is 26.2 Å². The molecule has 0 bridgehead atoms. The number of anilines is 1. The number of nitrogens with one attached hydrogen (secondary N) is 1. The first-order chi connectivity index (χ1) is 13.0. The molecule has 0 aliphatic carbocycles. The van der Waals surface area contributed by atoms with Crippen LogP contribution < -0.4 is 10.9 Å². The van der Waals surface area contributed by atoms with Gasteiger partial charge < -0.3 is 10.2 Å². The molecule has 1 aliphatic heterocycles. The van der Waals surface area contributed by atoms with E-state index in [0.29, 0.717) is 11.4 Å². The molecule has 2 aromatic rings. The molecule has 2 heterocycles. The van der Waals surface area contributed by atoms with Gasteiger partial charge in [0.1, 0.15) is 10.0 Å². The number of para-hydroxylation sites is 1. The zero-order chi connectivity index (χ0) is 19.4. The molecule has 6 nitrogen and oxygen atoms in total. The first-order valence-electron chi connectivity index (χ1n) is 9.04. The minimum absolute atomic E-state index is 0.203. The van der Waals surface area contributed by atoms with Crippen LogP contribution in [0.2, 0.25) is 0 Å². The zero-order valence-corrected chi connectivity index (χ0v) is 17.2. The summed E-state index contributed by atoms with van der Waals surface area (Å²) in [7, 11) is 1.81. The Morgan fingerprint density at radius 1 is 1.19 bits per heavy atom. The summed E-state index contributed by atoms with van der Waals surface area (Å²) < 4.78 is 4.06. The molecule has 1 amide bonds. The summed E-state index contributed by atoms with van der Waals surface area (Å²) in [6, 6.07) is 9.37. The maximum atomic E-state index is 12.8. The van der Waals surface area contributed by atoms with Crippen molar-refractivity contribution in [1.29, 1.82) is 0 Å². The lowest BCUT2D eigenvalue weighted by molar-refractivity contribution is -0.113. The van der Waals surface area contributed by atoms with Crippen LogP contribution in [0.4, 0.5) is 5.69 Å². The van der Waals surface area contributed by atoms with Gasteiger partial charge in [-0.1, -0.05) is 42.2 Å². The monoisotopic (exact) mass is 404 g/mol. The lowest BCUT2D eigenvalue weighted by atomic mass is 10.1. The minimum Gasteiger partial charge on any atom is -0.358 e. The van der Waals surface area contributed by atoms with Crippen molar-refractivity contribution in [2.24, 2.45) is 7.05 Å². The summed E-state index contributed by atoms with van der Waals surface area (Å²) >= 11 is 6.80. The maximum Gasteiger partial charge on any atom is 0.295 e. The average Bonchev–Trinajstić information content (AvgIpc) is 2.90. The highest BCUT2D eigenvalue weighted by Crippen LogP contribution is 2.18. The fraction of sp³-hybridized carbons (Fsp3) is 0.421. The highest BCUT2D eigenvalue weighted by Gasteiger charge is 2.19. The molecule has 0 unspecified atom stereocenters. The average molecular weight is 405 g/mol. The van der Waals surface area contributed by atoms with Gasteiger partial charge >= 0.3 is 0 Å². The van der Waals surface area contributed by atoms with Gasteiger partial charge in [-0.05, 0) is 38.3 Å². The molecule has 0 atom stereocenters. The zero-order valence-electron chi connectivity index (χ0n) is 15.6. The molecule has 0 radical (unpaired) electrons. The van der Waals surface area contributed by atoms with Crippen LogP contribution in [0, 0.1) is 6.92 Å². The van der Waals surface area contributed by atoms with Crippen LogP contribution in [-0.4, -0.2) is 43.3 Å². The number of hydrogen-bond acceptors (Lipinski definition) is 4. The van der Waals surface area contributed by atoms with E-state index in [9.17, 15) is 9.59 Å². The van der Waals surface area contributed by atoms with Gasteiger partial charge in [-0.2, -0.15) is 0 Å². The lowest BCUT2D eigenvalue weighted by Crippen LogP contribution is -2.33. The predicted molar refractivity (Wildman–Crippen MR) is 115 cm³/mol. The summed E-state index contributed by atoms with van der Waals surface area (Å²) in [4.78, 5) is 27.4. The summed E-state index contributed by atoms with van der Waals surface area (Å²) in [5, 5.41) is 2.78. The number of benzene rings is 1. The first-order valence-corrected chi connectivity index (χ1v) is 10.4. The standard InChI is InChI=1S/C19H24N4O2S2/c1-14-17(18(25)23(21(14)2)15-9-5-3-6-10-15)20-16(24)13-27-19(26)22-11-7-4-8-12-22/h3,5-6,9-10H,4,7-8,11-13H2,1-2H3,(H,20,24). The highest BCUT2D eigenvalue weighted by molar-refractivity contribution is 8.23. The third-order valence-electron chi connectivity index (χ3n) is 4.76. The molecule has 1 aliphatic rings. The lowest BCUT2D eigenvalue weighted by Gasteiger charge is -2.28. The van der Waals surface area contributed by atoms with Gasteiger partial charge in [-0.15, -0.1) is 0 Å². The SMILES string of the molecule is Cc1c(NC(=O)CSC(=S)N2CCCCC2)c(=O)n(-c2ccccc2)n1C. The van der Waals surface area contributed by atoms with Crippen molar-refractivity contribution < 1.29 is 4.79 Å². The Morgan fingerprint density at radius 3 is 2.52 bits per heavy atom. The molecule has 1 saturated heterocycles. The van der Waals surface area contributed by atoms with E-state index in [0.717, 1.165) is 35.9 Å². The van der Waals surface area contributed by atoms with E-state index < -0.39 is 0 Å². The number of rotatable bonds is 4. The quantitative estimate of drug-likeness (QED) is 0.794. The second-order valence-corrected chi connectivity index (χ2v) is 8.20. The number of nitrogens with zero attached hydrogens (tertiary/aromatic N) is 3. The van der Waals surface area contributed by atoms with Gasteiger partial charge in [-0.25, -0.2) is 4.68 Å². The minimum atomic E-state index is -0.238. The number of thioether (sulfide) groups is 1. The van der Waals surface area contributed by atoms with E-state index in [2.05, 4.69) is 10.2 Å². The topological polar surface area (TPSA) is 59.3 Å². The normalized spacial score (nSPS) is 14.2. The molecule has 0 saturated carbocycles. The molecule has 0 spiro atoms. The fourth-order valence-electron chi connectivity index (χ4n) is 3.18. The third kappa shape index (κ3) is 4.44. The number of piperidine rings is 1. The number of aromatic nitrogens is 2. The molecular formula is C19H24N4O2S2. The Morgan fingerprint density at radius 2 is 1.85 bits per heavy atom. The van der Waals surface area contributed by atoms with E-state index in [4.69, 9.17) is 12.2 Å². The van der Waals surface area contributed by atoms with Crippen LogP contribution in [0.3, 0.4) is 0 Å². The van der Waals surface area contributed by atoms with Crippen molar-refractivity contribution in [2.75, 3.05) is 24.2 Å². The van der Waals surface area contributed by atoms with Gasteiger partial charge in [0.2, 0.25) is 5.91 Å². The van der Waals surface area contributed by atoms with Crippen molar-refractivity contribution >= 4 is 39.9 Å². The second kappa shape index (κ2) is 8.75. The van der Waals surface area contributed by atoms with Crippen LogP contribution in [0.5, 0.6) is 0 Å². The summed E-state index contributed by atoms with van der Waals surface area (Å²) in [5.41, 5.74) is 1.55. The number of hydrogen-bond donors (Lipinski definition) is 1. The number of thiocarbonyl (C=S) groups is 1. The van der Waals surface area contributed by atoms with Crippen LogP contribution in [0.15, 0.2) is 35.1 Å². The Hall–Kier alpha value is -2.06. The van der Waals surface area contributed by atoms with Crippen LogP contribution >= 0.6 is 24.0 Å². The van der Waals surface area contributed by atoms with Crippen LogP contribution in [0.25, 0.3) is 5.69 Å². The molecule has 1 N–H and O–H groups in total. The number of amides is 1. The summed E-state index contributed by atoms with van der Waals surface area (Å²) in [6.07, 6.45) is 3.54. The molecule has 1 aromatic carbocycles. The highest BCUT2D eigenvalue weighted by atomic mass is 32.2. The Kier molecular flexibility index (Phi) is 6.38. The van der Waals surface area contributed by atoms with E-state index in [1.54, 1.807) is 16.4 Å².